The van der Waals surface area contributed by atoms with Crippen molar-refractivity contribution in [2.75, 3.05) is 7.11 Å². The molecule has 216 valence electrons. The highest BCUT2D eigenvalue weighted by molar-refractivity contribution is 7.07. The Hall–Kier alpha value is -3.90. The summed E-state index contributed by atoms with van der Waals surface area (Å²) in [4.78, 5) is 20.2. The van der Waals surface area contributed by atoms with Crippen LogP contribution in [0.3, 0.4) is 0 Å². The van der Waals surface area contributed by atoms with Gasteiger partial charge in [-0.1, -0.05) is 95.3 Å². The summed E-state index contributed by atoms with van der Waals surface area (Å²) < 4.78 is 8.29. The normalized spacial score (nSPS) is 16.9. The Morgan fingerprint density at radius 2 is 1.60 bits per heavy atom. The number of ether oxygens (including phenoxy) is 1. The lowest BCUT2D eigenvalue weighted by Crippen LogP contribution is -2.39. The fourth-order valence-corrected chi connectivity index (χ4v) is 7.23. The number of aromatic hydroxyl groups is 1. The maximum absolute atomic E-state index is 14.3. The molecule has 1 aromatic heterocycles. The molecule has 3 aromatic carbocycles. The van der Waals surface area contributed by atoms with E-state index in [1.54, 1.807) is 7.11 Å². The van der Waals surface area contributed by atoms with Crippen molar-refractivity contribution in [3.8, 4) is 11.5 Å². The van der Waals surface area contributed by atoms with Gasteiger partial charge >= 0.3 is 0 Å². The van der Waals surface area contributed by atoms with Crippen LogP contribution >= 0.6 is 11.3 Å². The van der Waals surface area contributed by atoms with E-state index in [1.165, 1.54) is 16.9 Å². The standard InChI is InChI=1S/C36H38N2O3S/c1-35(2,3)26-18-21(19-27(32(26)39)36(4,5)6)20-29-33(40)38-31(24-14-10-11-15-28(24)41-7)25-17-16-22-12-8-9-13-23(22)30(25)37-34(38)42-29/h8-15,18-20,31,39H,16-17H2,1-7H3/b29-20-/t31-/m1/s1. The summed E-state index contributed by atoms with van der Waals surface area (Å²) in [5.41, 5.74) is 7.54. The highest BCUT2D eigenvalue weighted by Gasteiger charge is 2.34. The molecule has 5 nitrogen and oxygen atoms in total. The summed E-state index contributed by atoms with van der Waals surface area (Å²) in [7, 11) is 1.68. The van der Waals surface area contributed by atoms with Crippen LogP contribution in [0.15, 0.2) is 76.0 Å². The lowest BCUT2D eigenvalue weighted by molar-refractivity contribution is 0.402. The number of para-hydroxylation sites is 1. The van der Waals surface area contributed by atoms with Gasteiger partial charge in [0.15, 0.2) is 4.80 Å². The van der Waals surface area contributed by atoms with E-state index in [1.807, 2.05) is 41.0 Å². The minimum absolute atomic E-state index is 0.0669. The molecule has 0 bridgehead atoms. The number of allylic oxidation sites excluding steroid dienone is 1. The first-order chi connectivity index (χ1) is 19.9. The molecule has 1 N–H and O–H groups in total. The van der Waals surface area contributed by atoms with Crippen LogP contribution in [0.25, 0.3) is 11.8 Å². The molecule has 0 fully saturated rings. The monoisotopic (exact) mass is 578 g/mol. The van der Waals surface area contributed by atoms with E-state index in [-0.39, 0.29) is 22.4 Å². The molecule has 6 rings (SSSR count). The molecule has 2 heterocycles. The quantitative estimate of drug-likeness (QED) is 0.297. The second-order valence-corrected chi connectivity index (χ2v) is 14.3. The Morgan fingerprint density at radius 1 is 0.952 bits per heavy atom. The highest BCUT2D eigenvalue weighted by Crippen LogP contribution is 2.43. The van der Waals surface area contributed by atoms with Crippen LogP contribution in [-0.2, 0) is 17.3 Å². The SMILES string of the molecule is COc1ccccc1[C@@H]1C2=C(N=c3s/c(=C\c4cc(C(C)(C)C)c(O)c(C(C)(C)C)c4)c(=O)n31)c1ccccc1CC2. The minimum atomic E-state index is -0.307. The van der Waals surface area contributed by atoms with Crippen molar-refractivity contribution in [1.82, 2.24) is 4.57 Å². The van der Waals surface area contributed by atoms with Crippen LogP contribution in [0.5, 0.6) is 11.5 Å². The van der Waals surface area contributed by atoms with Crippen molar-refractivity contribution >= 4 is 23.1 Å². The van der Waals surface area contributed by atoms with Gasteiger partial charge in [0.1, 0.15) is 11.5 Å². The van der Waals surface area contributed by atoms with Crippen LogP contribution < -0.4 is 19.6 Å². The number of benzene rings is 3. The predicted octanol–water partition coefficient (Wildman–Crippen LogP) is 6.63. The molecular formula is C36H38N2O3S. The van der Waals surface area contributed by atoms with Gasteiger partial charge in [0.05, 0.1) is 23.4 Å². The summed E-state index contributed by atoms with van der Waals surface area (Å²) in [6, 6.07) is 20.2. The van der Waals surface area contributed by atoms with E-state index in [2.05, 4.69) is 71.9 Å². The number of methoxy groups -OCH3 is 1. The molecule has 2 aliphatic rings. The molecule has 4 aromatic rings. The summed E-state index contributed by atoms with van der Waals surface area (Å²) in [5, 5.41) is 11.2. The molecule has 42 heavy (non-hydrogen) atoms. The Kier molecular flexibility index (Phi) is 6.81. The van der Waals surface area contributed by atoms with Crippen molar-refractivity contribution in [2.24, 2.45) is 4.99 Å². The van der Waals surface area contributed by atoms with Gasteiger partial charge in [-0.3, -0.25) is 9.36 Å². The lowest BCUT2D eigenvalue weighted by Gasteiger charge is -2.31. The van der Waals surface area contributed by atoms with Crippen molar-refractivity contribution in [1.29, 1.82) is 0 Å². The molecule has 1 aliphatic carbocycles. The number of aryl methyl sites for hydroxylation is 1. The second kappa shape index (κ2) is 10.1. The first kappa shape index (κ1) is 28.2. The second-order valence-electron chi connectivity index (χ2n) is 13.3. The molecule has 6 heteroatoms. The summed E-state index contributed by atoms with van der Waals surface area (Å²) >= 11 is 1.42. The number of hydrogen-bond donors (Lipinski definition) is 1. The number of phenolic OH excluding ortho intramolecular Hbond substituents is 1. The molecule has 1 aliphatic heterocycles. The number of hydrogen-bond acceptors (Lipinski definition) is 5. The Morgan fingerprint density at radius 3 is 2.26 bits per heavy atom. The zero-order chi connectivity index (χ0) is 30.0. The van der Waals surface area contributed by atoms with Gasteiger partial charge in [0, 0.05) is 22.3 Å². The smallest absolute Gasteiger partial charge is 0.271 e. The van der Waals surface area contributed by atoms with Crippen molar-refractivity contribution in [3.05, 3.63) is 119 Å². The number of fused-ring (bicyclic) bond motifs is 3. The zero-order valence-electron chi connectivity index (χ0n) is 25.4. The van der Waals surface area contributed by atoms with E-state index in [4.69, 9.17) is 9.73 Å². The molecule has 0 spiro atoms. The highest BCUT2D eigenvalue weighted by atomic mass is 32.1. The molecule has 0 saturated heterocycles. The topological polar surface area (TPSA) is 63.8 Å². The first-order valence-electron chi connectivity index (χ1n) is 14.5. The molecule has 1 atom stereocenters. The summed E-state index contributed by atoms with van der Waals surface area (Å²) in [5.74, 6) is 1.09. The van der Waals surface area contributed by atoms with E-state index in [0.717, 1.165) is 57.7 Å². The van der Waals surface area contributed by atoms with Crippen LogP contribution in [-0.4, -0.2) is 16.8 Å². The van der Waals surface area contributed by atoms with Gasteiger partial charge in [-0.2, -0.15) is 0 Å². The third-order valence-electron chi connectivity index (χ3n) is 8.35. The molecule has 0 amide bonds. The third kappa shape index (κ3) is 4.72. The van der Waals surface area contributed by atoms with E-state index < -0.39 is 0 Å². The average molecular weight is 579 g/mol. The fourth-order valence-electron chi connectivity index (χ4n) is 6.23. The molecule has 0 unspecified atom stereocenters. The van der Waals surface area contributed by atoms with Crippen molar-refractivity contribution in [2.45, 2.75) is 71.3 Å². The Balaban J connectivity index is 1.63. The van der Waals surface area contributed by atoms with Crippen LogP contribution in [0.1, 0.15) is 87.4 Å². The third-order valence-corrected chi connectivity index (χ3v) is 9.34. The van der Waals surface area contributed by atoms with Crippen LogP contribution in [0.2, 0.25) is 0 Å². The van der Waals surface area contributed by atoms with Gasteiger partial charge in [0.25, 0.3) is 5.56 Å². The van der Waals surface area contributed by atoms with E-state index in [9.17, 15) is 9.90 Å². The van der Waals surface area contributed by atoms with Gasteiger partial charge in [-0.15, -0.1) is 0 Å². The number of thiazole rings is 1. The van der Waals surface area contributed by atoms with Gasteiger partial charge in [0.2, 0.25) is 0 Å². The Labute approximate surface area is 251 Å². The predicted molar refractivity (Wildman–Crippen MR) is 171 cm³/mol. The first-order valence-corrected chi connectivity index (χ1v) is 15.3. The van der Waals surface area contributed by atoms with E-state index >= 15 is 0 Å². The number of nitrogens with zero attached hydrogens (tertiary/aromatic N) is 2. The minimum Gasteiger partial charge on any atom is -0.507 e. The Bertz CT molecular complexity index is 1890. The average Bonchev–Trinajstić information content (AvgIpc) is 3.25. The maximum atomic E-state index is 14.3. The van der Waals surface area contributed by atoms with Crippen molar-refractivity contribution in [3.63, 3.8) is 0 Å². The molecule has 0 radical (unpaired) electrons. The number of aromatic nitrogens is 1. The fraction of sp³-hybridized carbons (Fsp3) is 0.333. The van der Waals surface area contributed by atoms with Gasteiger partial charge in [-0.25, -0.2) is 4.99 Å². The summed E-state index contributed by atoms with van der Waals surface area (Å²) in [6.45, 7) is 12.6. The maximum Gasteiger partial charge on any atom is 0.271 e. The lowest BCUT2D eigenvalue weighted by atomic mass is 9.78. The summed E-state index contributed by atoms with van der Waals surface area (Å²) in [6.07, 6.45) is 3.69. The zero-order valence-corrected chi connectivity index (χ0v) is 26.2. The van der Waals surface area contributed by atoms with Crippen LogP contribution in [0.4, 0.5) is 0 Å². The van der Waals surface area contributed by atoms with Gasteiger partial charge in [-0.05, 0) is 64.6 Å². The molecule has 0 saturated carbocycles. The number of phenols is 1. The largest absolute Gasteiger partial charge is 0.507 e. The number of rotatable bonds is 3. The van der Waals surface area contributed by atoms with Crippen LogP contribution in [0, 0.1) is 0 Å². The van der Waals surface area contributed by atoms with E-state index in [0.29, 0.717) is 15.1 Å². The molecular weight excluding hydrogens is 540 g/mol. The van der Waals surface area contributed by atoms with Gasteiger partial charge < -0.3 is 9.84 Å². The van der Waals surface area contributed by atoms with Crippen molar-refractivity contribution < 1.29 is 9.84 Å².